The third-order valence-corrected chi connectivity index (χ3v) is 7.26. The Kier molecular flexibility index (Phi) is 7.67. The lowest BCUT2D eigenvalue weighted by molar-refractivity contribution is 0.413. The molecule has 2 rings (SSSR count). The number of halogens is 2. The molecule has 2 aromatic carbocycles. The molecule has 1 N–H and O–H groups in total. The minimum Gasteiger partial charge on any atom is -0.497 e. The summed E-state index contributed by atoms with van der Waals surface area (Å²) < 4.78 is 33.0. The van der Waals surface area contributed by atoms with Crippen molar-refractivity contribution in [2.75, 3.05) is 19.4 Å². The van der Waals surface area contributed by atoms with Crippen molar-refractivity contribution in [1.82, 2.24) is 4.72 Å². The molecule has 0 radical (unpaired) electrons. The lowest BCUT2D eigenvalue weighted by Gasteiger charge is -2.13. The number of ether oxygens (including phenoxy) is 1. The van der Waals surface area contributed by atoms with Gasteiger partial charge in [-0.2, -0.15) is 11.8 Å². The van der Waals surface area contributed by atoms with Gasteiger partial charge in [-0.3, -0.25) is 0 Å². The molecule has 0 saturated carbocycles. The zero-order chi connectivity index (χ0) is 19.3. The summed E-state index contributed by atoms with van der Waals surface area (Å²) in [5, 5.41) is 1.05. The fraction of sp³-hybridized carbons (Fsp3) is 0.333. The number of sulfonamides is 1. The highest BCUT2D eigenvalue weighted by molar-refractivity contribution is 7.98. The Bertz CT molecular complexity index is 863. The molecule has 2 aromatic rings. The van der Waals surface area contributed by atoms with Gasteiger partial charge in [0.1, 0.15) is 5.75 Å². The molecule has 0 aliphatic heterocycles. The molecule has 0 spiro atoms. The summed E-state index contributed by atoms with van der Waals surface area (Å²) in [6.45, 7) is 3.88. The molecule has 4 nitrogen and oxygen atoms in total. The van der Waals surface area contributed by atoms with Crippen molar-refractivity contribution in [3.8, 4) is 5.75 Å². The van der Waals surface area contributed by atoms with E-state index in [1.54, 1.807) is 50.9 Å². The Morgan fingerprint density at radius 1 is 1.08 bits per heavy atom. The first-order valence-electron chi connectivity index (χ1n) is 7.91. The standard InChI is InChI=1S/C18H21Cl2NO3S2/c1-12-8-15(24-3)9-13(2)18(12)26(22,23)21-6-7-25-11-14-4-5-16(19)17(20)10-14/h4-5,8-10,21H,6-7,11H2,1-3H3. The molecule has 0 bridgehead atoms. The van der Waals surface area contributed by atoms with Crippen molar-refractivity contribution in [3.05, 3.63) is 57.1 Å². The summed E-state index contributed by atoms with van der Waals surface area (Å²) in [6.07, 6.45) is 0. The van der Waals surface area contributed by atoms with Crippen LogP contribution in [-0.4, -0.2) is 27.8 Å². The van der Waals surface area contributed by atoms with Crippen LogP contribution >= 0.6 is 35.0 Å². The largest absolute Gasteiger partial charge is 0.497 e. The summed E-state index contributed by atoms with van der Waals surface area (Å²) in [6, 6.07) is 8.94. The molecule has 142 valence electrons. The van der Waals surface area contributed by atoms with E-state index in [9.17, 15) is 8.42 Å². The average molecular weight is 434 g/mol. The van der Waals surface area contributed by atoms with E-state index >= 15 is 0 Å². The highest BCUT2D eigenvalue weighted by atomic mass is 35.5. The van der Waals surface area contributed by atoms with Gasteiger partial charge in [0.15, 0.2) is 0 Å². The lowest BCUT2D eigenvalue weighted by Crippen LogP contribution is -2.27. The molecule has 26 heavy (non-hydrogen) atoms. The molecule has 0 fully saturated rings. The zero-order valence-corrected chi connectivity index (χ0v) is 18.0. The van der Waals surface area contributed by atoms with Crippen LogP contribution in [0.1, 0.15) is 16.7 Å². The highest BCUT2D eigenvalue weighted by Crippen LogP contribution is 2.26. The Morgan fingerprint density at radius 3 is 2.31 bits per heavy atom. The van der Waals surface area contributed by atoms with Gasteiger partial charge in [0.25, 0.3) is 0 Å². The van der Waals surface area contributed by atoms with Gasteiger partial charge >= 0.3 is 0 Å². The number of nitrogens with one attached hydrogen (secondary N) is 1. The number of rotatable bonds is 8. The topological polar surface area (TPSA) is 55.4 Å². The minimum absolute atomic E-state index is 0.313. The summed E-state index contributed by atoms with van der Waals surface area (Å²) >= 11 is 13.5. The van der Waals surface area contributed by atoms with Crippen molar-refractivity contribution in [2.45, 2.75) is 24.5 Å². The fourth-order valence-corrected chi connectivity index (χ4v) is 5.33. The molecular weight excluding hydrogens is 413 g/mol. The van der Waals surface area contributed by atoms with Crippen LogP contribution in [0.2, 0.25) is 10.0 Å². The average Bonchev–Trinajstić information content (AvgIpc) is 2.56. The molecule has 0 aromatic heterocycles. The van der Waals surface area contributed by atoms with E-state index in [-0.39, 0.29) is 0 Å². The number of hydrogen-bond acceptors (Lipinski definition) is 4. The summed E-state index contributed by atoms with van der Waals surface area (Å²) in [5.41, 5.74) is 2.38. The van der Waals surface area contributed by atoms with Crippen LogP contribution in [0.4, 0.5) is 0 Å². The van der Waals surface area contributed by atoms with Gasteiger partial charge in [0.05, 0.1) is 22.1 Å². The summed E-state index contributed by atoms with van der Waals surface area (Å²) in [4.78, 5) is 0.313. The number of hydrogen-bond donors (Lipinski definition) is 1. The van der Waals surface area contributed by atoms with E-state index in [1.807, 2.05) is 12.1 Å². The summed E-state index contributed by atoms with van der Waals surface area (Å²) in [5.74, 6) is 2.03. The van der Waals surface area contributed by atoms with Crippen molar-refractivity contribution in [3.63, 3.8) is 0 Å². The van der Waals surface area contributed by atoms with E-state index in [2.05, 4.69) is 4.72 Å². The SMILES string of the molecule is COc1cc(C)c(S(=O)(=O)NCCSCc2ccc(Cl)c(Cl)c2)c(C)c1. The normalized spacial score (nSPS) is 11.6. The van der Waals surface area contributed by atoms with Crippen molar-refractivity contribution < 1.29 is 13.2 Å². The Morgan fingerprint density at radius 2 is 1.73 bits per heavy atom. The predicted octanol–water partition coefficient (Wildman–Crippen LogP) is 4.83. The minimum atomic E-state index is -3.56. The highest BCUT2D eigenvalue weighted by Gasteiger charge is 2.20. The van der Waals surface area contributed by atoms with Gasteiger partial charge in [-0.05, 0) is 54.8 Å². The second kappa shape index (κ2) is 9.33. The molecule has 0 aliphatic carbocycles. The molecular formula is C18H21Cl2NO3S2. The number of benzene rings is 2. The van der Waals surface area contributed by atoms with Gasteiger partial charge in [-0.25, -0.2) is 13.1 Å². The second-order valence-corrected chi connectivity index (χ2v) is 9.41. The quantitative estimate of drug-likeness (QED) is 0.605. The fourth-order valence-electron chi connectivity index (χ4n) is 2.59. The van der Waals surface area contributed by atoms with E-state index in [0.717, 1.165) is 11.3 Å². The molecule has 0 saturated heterocycles. The van der Waals surface area contributed by atoms with E-state index in [4.69, 9.17) is 27.9 Å². The maximum Gasteiger partial charge on any atom is 0.241 e. The van der Waals surface area contributed by atoms with Crippen LogP contribution in [0, 0.1) is 13.8 Å². The van der Waals surface area contributed by atoms with Gasteiger partial charge in [0.2, 0.25) is 10.0 Å². The van der Waals surface area contributed by atoms with Crippen LogP contribution < -0.4 is 9.46 Å². The molecule has 8 heteroatoms. The molecule has 0 amide bonds. The van der Waals surface area contributed by atoms with E-state index < -0.39 is 10.0 Å². The monoisotopic (exact) mass is 433 g/mol. The number of thioether (sulfide) groups is 1. The van der Waals surface area contributed by atoms with Gasteiger partial charge < -0.3 is 4.74 Å². The van der Waals surface area contributed by atoms with E-state index in [0.29, 0.717) is 44.1 Å². The summed E-state index contributed by atoms with van der Waals surface area (Å²) in [7, 11) is -2.00. The molecule has 0 heterocycles. The third kappa shape index (κ3) is 5.54. The Hall–Kier alpha value is -0.920. The number of aryl methyl sites for hydroxylation is 2. The predicted molar refractivity (Wildman–Crippen MR) is 110 cm³/mol. The third-order valence-electron chi connectivity index (χ3n) is 3.73. The number of methoxy groups -OCH3 is 1. The first kappa shape index (κ1) is 21.4. The van der Waals surface area contributed by atoms with Crippen LogP contribution in [0.15, 0.2) is 35.2 Å². The van der Waals surface area contributed by atoms with Crippen LogP contribution in [0.25, 0.3) is 0 Å². The van der Waals surface area contributed by atoms with Gasteiger partial charge in [-0.15, -0.1) is 0 Å². The lowest BCUT2D eigenvalue weighted by atomic mass is 10.1. The maximum atomic E-state index is 12.6. The smallest absolute Gasteiger partial charge is 0.241 e. The molecule has 0 unspecified atom stereocenters. The first-order chi connectivity index (χ1) is 12.2. The molecule has 0 atom stereocenters. The Labute approximate surface area is 169 Å². The van der Waals surface area contributed by atoms with Crippen molar-refractivity contribution in [1.29, 1.82) is 0 Å². The van der Waals surface area contributed by atoms with E-state index in [1.165, 1.54) is 0 Å². The first-order valence-corrected chi connectivity index (χ1v) is 11.3. The molecule has 0 aliphatic rings. The van der Waals surface area contributed by atoms with Gasteiger partial charge in [0, 0.05) is 18.1 Å². The second-order valence-electron chi connectivity index (χ2n) is 5.79. The van der Waals surface area contributed by atoms with Crippen LogP contribution in [0.5, 0.6) is 5.75 Å². The van der Waals surface area contributed by atoms with Crippen molar-refractivity contribution in [2.24, 2.45) is 0 Å². The van der Waals surface area contributed by atoms with Crippen LogP contribution in [-0.2, 0) is 15.8 Å². The van der Waals surface area contributed by atoms with Gasteiger partial charge in [-0.1, -0.05) is 29.3 Å². The zero-order valence-electron chi connectivity index (χ0n) is 14.8. The van der Waals surface area contributed by atoms with Crippen molar-refractivity contribution >= 4 is 45.0 Å². The van der Waals surface area contributed by atoms with Crippen LogP contribution in [0.3, 0.4) is 0 Å². The Balaban J connectivity index is 1.91. The maximum absolute atomic E-state index is 12.6.